The second-order valence-corrected chi connectivity index (χ2v) is 8.44. The number of pyridine rings is 1. The third-order valence-electron chi connectivity index (χ3n) is 5.61. The second-order valence-electron chi connectivity index (χ2n) is 8.44. The number of nitrogens with zero attached hydrogens (tertiary/aromatic N) is 3. The van der Waals surface area contributed by atoms with Crippen LogP contribution in [-0.4, -0.2) is 94.1 Å². The SMILES string of the molecule is COc1ccc(CN2C[C@@H]3[C@@H](C2)OCC(=O)N3Cc2ccncc2)cc1.O=C(O)C(F)(F)F.O=C(O)C(F)(F)F. The van der Waals surface area contributed by atoms with E-state index in [9.17, 15) is 31.1 Å². The van der Waals surface area contributed by atoms with Crippen LogP contribution in [0.1, 0.15) is 11.1 Å². The smallest absolute Gasteiger partial charge is 0.490 e. The normalized spacial score (nSPS) is 19.0. The quantitative estimate of drug-likeness (QED) is 0.512. The Morgan fingerprint density at radius 1 is 0.925 bits per heavy atom. The summed E-state index contributed by atoms with van der Waals surface area (Å²) in [7, 11) is 1.67. The summed E-state index contributed by atoms with van der Waals surface area (Å²) in [4.78, 5) is 38.6. The Labute approximate surface area is 223 Å². The van der Waals surface area contributed by atoms with Crippen LogP contribution >= 0.6 is 0 Å². The van der Waals surface area contributed by atoms with Crippen molar-refractivity contribution in [3.63, 3.8) is 0 Å². The van der Waals surface area contributed by atoms with Crippen molar-refractivity contribution in [2.75, 3.05) is 26.8 Å². The maximum absolute atomic E-state index is 12.4. The number of aromatic nitrogens is 1. The Morgan fingerprint density at radius 3 is 1.90 bits per heavy atom. The molecule has 40 heavy (non-hydrogen) atoms. The molecular weight excluding hydrogens is 556 g/mol. The Balaban J connectivity index is 0.000000333. The fourth-order valence-electron chi connectivity index (χ4n) is 3.75. The molecule has 1 amide bonds. The van der Waals surface area contributed by atoms with Crippen LogP contribution in [0.5, 0.6) is 5.75 Å². The first-order chi connectivity index (χ1) is 18.6. The molecule has 0 saturated carbocycles. The maximum Gasteiger partial charge on any atom is 0.490 e. The molecule has 1 aromatic carbocycles. The molecule has 2 aliphatic rings. The summed E-state index contributed by atoms with van der Waals surface area (Å²) in [5.74, 6) is -4.59. The predicted molar refractivity (Wildman–Crippen MR) is 124 cm³/mol. The lowest BCUT2D eigenvalue weighted by Crippen LogP contribution is -2.53. The standard InChI is InChI=1S/C20H23N3O3.2C2HF3O2/c1-25-17-4-2-15(3-5-17)10-22-12-18-19(13-22)26-14-20(24)23(18)11-16-6-8-21-9-7-16;2*3-2(4,5)1(6)7/h2-9,18-19H,10-14H2,1H3;2*(H,6,7)/t18-,19-;;/m1../s1. The van der Waals surface area contributed by atoms with E-state index in [-0.39, 0.29) is 24.7 Å². The zero-order valence-electron chi connectivity index (χ0n) is 20.9. The molecule has 0 unspecified atom stereocenters. The number of benzene rings is 1. The lowest BCUT2D eigenvalue weighted by atomic mass is 10.1. The topological polar surface area (TPSA) is 130 Å². The number of methoxy groups -OCH3 is 1. The number of amides is 1. The number of hydrogen-bond donors (Lipinski definition) is 2. The van der Waals surface area contributed by atoms with Crippen molar-refractivity contribution in [2.24, 2.45) is 0 Å². The van der Waals surface area contributed by atoms with Gasteiger partial charge < -0.3 is 24.6 Å². The van der Waals surface area contributed by atoms with Gasteiger partial charge >= 0.3 is 24.3 Å². The molecular formula is C24H25F6N3O7. The number of alkyl halides is 6. The summed E-state index contributed by atoms with van der Waals surface area (Å²) < 4.78 is 74.5. The maximum atomic E-state index is 12.4. The molecule has 2 aliphatic heterocycles. The van der Waals surface area contributed by atoms with Crippen LogP contribution in [0.15, 0.2) is 48.8 Å². The van der Waals surface area contributed by atoms with Crippen LogP contribution < -0.4 is 4.74 Å². The van der Waals surface area contributed by atoms with Gasteiger partial charge in [0.25, 0.3) is 0 Å². The highest BCUT2D eigenvalue weighted by atomic mass is 19.4. The lowest BCUT2D eigenvalue weighted by molar-refractivity contribution is -0.193. The summed E-state index contributed by atoms with van der Waals surface area (Å²) in [5.41, 5.74) is 2.33. The van der Waals surface area contributed by atoms with E-state index in [1.165, 1.54) is 5.56 Å². The largest absolute Gasteiger partial charge is 0.497 e. The molecule has 10 nitrogen and oxygen atoms in total. The number of ether oxygens (including phenoxy) is 2. The zero-order valence-corrected chi connectivity index (χ0v) is 20.9. The number of hydrogen-bond acceptors (Lipinski definition) is 7. The van der Waals surface area contributed by atoms with Crippen LogP contribution in [0, 0.1) is 0 Å². The number of morpholine rings is 1. The number of aliphatic carboxylic acids is 2. The summed E-state index contributed by atoms with van der Waals surface area (Å²) in [6.07, 6.45) is -6.56. The molecule has 220 valence electrons. The van der Waals surface area contributed by atoms with Gasteiger partial charge in [-0.25, -0.2) is 9.59 Å². The van der Waals surface area contributed by atoms with E-state index >= 15 is 0 Å². The molecule has 0 radical (unpaired) electrons. The van der Waals surface area contributed by atoms with E-state index in [2.05, 4.69) is 22.0 Å². The van der Waals surface area contributed by atoms with E-state index in [0.29, 0.717) is 6.54 Å². The minimum absolute atomic E-state index is 0.0642. The van der Waals surface area contributed by atoms with Gasteiger partial charge in [0.2, 0.25) is 5.91 Å². The zero-order chi connectivity index (χ0) is 30.1. The highest BCUT2D eigenvalue weighted by Gasteiger charge is 2.43. The molecule has 4 rings (SSSR count). The molecule has 2 atom stereocenters. The van der Waals surface area contributed by atoms with Gasteiger partial charge in [-0.2, -0.15) is 26.3 Å². The van der Waals surface area contributed by atoms with Crippen LogP contribution in [0.4, 0.5) is 26.3 Å². The molecule has 0 bridgehead atoms. The number of carboxylic acid groups (broad SMARTS) is 2. The lowest BCUT2D eigenvalue weighted by Gasteiger charge is -2.36. The van der Waals surface area contributed by atoms with Crippen molar-refractivity contribution in [3.05, 3.63) is 59.9 Å². The third-order valence-corrected chi connectivity index (χ3v) is 5.61. The molecule has 0 aliphatic carbocycles. The summed E-state index contributed by atoms with van der Waals surface area (Å²) in [6.45, 7) is 3.30. The minimum atomic E-state index is -5.08. The molecule has 3 heterocycles. The van der Waals surface area contributed by atoms with Crippen LogP contribution in [0.2, 0.25) is 0 Å². The van der Waals surface area contributed by atoms with E-state index < -0.39 is 24.3 Å². The van der Waals surface area contributed by atoms with Crippen LogP contribution in [0.25, 0.3) is 0 Å². The fourth-order valence-corrected chi connectivity index (χ4v) is 3.75. The molecule has 1 aromatic heterocycles. The first-order valence-corrected chi connectivity index (χ1v) is 11.4. The van der Waals surface area contributed by atoms with Gasteiger partial charge in [0.15, 0.2) is 0 Å². The van der Waals surface area contributed by atoms with Gasteiger partial charge in [-0.3, -0.25) is 14.7 Å². The summed E-state index contributed by atoms with van der Waals surface area (Å²) in [5, 5.41) is 14.2. The minimum Gasteiger partial charge on any atom is -0.497 e. The number of fused-ring (bicyclic) bond motifs is 1. The third kappa shape index (κ3) is 10.00. The average Bonchev–Trinajstić information content (AvgIpc) is 3.29. The van der Waals surface area contributed by atoms with Gasteiger partial charge in [0, 0.05) is 38.6 Å². The fraction of sp³-hybridized carbons (Fsp3) is 0.417. The van der Waals surface area contributed by atoms with Gasteiger partial charge in [-0.05, 0) is 35.4 Å². The Hall–Kier alpha value is -3.92. The second kappa shape index (κ2) is 13.9. The monoisotopic (exact) mass is 581 g/mol. The number of halogens is 6. The molecule has 16 heteroatoms. The first-order valence-electron chi connectivity index (χ1n) is 11.4. The molecule has 2 N–H and O–H groups in total. The number of carbonyl (C=O) groups excluding carboxylic acids is 1. The number of carbonyl (C=O) groups is 3. The predicted octanol–water partition coefficient (Wildman–Crippen LogP) is 2.97. The Bertz CT molecular complexity index is 1110. The Morgan fingerprint density at radius 2 is 1.43 bits per heavy atom. The van der Waals surface area contributed by atoms with E-state index in [1.54, 1.807) is 19.5 Å². The summed E-state index contributed by atoms with van der Waals surface area (Å²) in [6, 6.07) is 12.2. The summed E-state index contributed by atoms with van der Waals surface area (Å²) >= 11 is 0. The van der Waals surface area contributed by atoms with Crippen LogP contribution in [-0.2, 0) is 32.2 Å². The molecule has 2 aromatic rings. The number of rotatable bonds is 5. The molecule has 2 fully saturated rings. The van der Waals surface area contributed by atoms with E-state index in [0.717, 1.165) is 30.9 Å². The highest BCUT2D eigenvalue weighted by molar-refractivity contribution is 5.78. The van der Waals surface area contributed by atoms with Crippen molar-refractivity contribution >= 4 is 17.8 Å². The van der Waals surface area contributed by atoms with Gasteiger partial charge in [-0.15, -0.1) is 0 Å². The van der Waals surface area contributed by atoms with E-state index in [1.807, 2.05) is 29.2 Å². The van der Waals surface area contributed by atoms with Crippen molar-refractivity contribution in [1.82, 2.24) is 14.8 Å². The molecule has 2 saturated heterocycles. The van der Waals surface area contributed by atoms with Crippen molar-refractivity contribution in [2.45, 2.75) is 37.6 Å². The van der Waals surface area contributed by atoms with Crippen LogP contribution in [0.3, 0.4) is 0 Å². The van der Waals surface area contributed by atoms with Crippen molar-refractivity contribution in [3.8, 4) is 5.75 Å². The molecule has 0 spiro atoms. The van der Waals surface area contributed by atoms with Crippen molar-refractivity contribution < 1.29 is 60.4 Å². The van der Waals surface area contributed by atoms with Gasteiger partial charge in [0.05, 0.1) is 19.3 Å². The van der Waals surface area contributed by atoms with Gasteiger partial charge in [0.1, 0.15) is 12.4 Å². The number of carboxylic acids is 2. The van der Waals surface area contributed by atoms with Gasteiger partial charge in [-0.1, -0.05) is 12.1 Å². The average molecular weight is 581 g/mol. The van der Waals surface area contributed by atoms with E-state index in [4.69, 9.17) is 29.3 Å². The van der Waals surface area contributed by atoms with Crippen molar-refractivity contribution in [1.29, 1.82) is 0 Å². The highest BCUT2D eigenvalue weighted by Crippen LogP contribution is 2.26. The first kappa shape index (κ1) is 32.3. The Kier molecular flexibility index (Phi) is 11.2. The number of likely N-dealkylation sites (tertiary alicyclic amines) is 1.